The molecule has 1 aliphatic carbocycles. The van der Waals surface area contributed by atoms with Gasteiger partial charge in [0.1, 0.15) is 11.2 Å². The van der Waals surface area contributed by atoms with E-state index in [4.69, 9.17) is 8.83 Å². The van der Waals surface area contributed by atoms with Crippen LogP contribution in [0.4, 0.5) is 28.4 Å². The highest BCUT2D eigenvalue weighted by atomic mass is 16.3. The zero-order valence-electron chi connectivity index (χ0n) is 42.4. The molecule has 8 aromatic rings. The highest BCUT2D eigenvalue weighted by Gasteiger charge is 2.50. The number of hydrogen-bond acceptors (Lipinski definition) is 4. The number of fused-ring (bicyclic) bond motifs is 6. The van der Waals surface area contributed by atoms with Crippen LogP contribution in [0.25, 0.3) is 44.2 Å². The molecule has 0 amide bonds. The molecule has 0 spiro atoms. The Labute approximate surface area is 404 Å². The number of hydrogen-bond donors (Lipinski definition) is 0. The van der Waals surface area contributed by atoms with Crippen molar-refractivity contribution in [1.29, 1.82) is 0 Å². The summed E-state index contributed by atoms with van der Waals surface area (Å²) in [5.74, 6) is 0.172. The minimum Gasteiger partial charge on any atom is -0.464 e. The molecular formula is C63H65BN2O2. The summed E-state index contributed by atoms with van der Waals surface area (Å²) in [5.41, 5.74) is 23.2. The molecule has 5 heteroatoms. The maximum Gasteiger partial charge on any atom is 0.226 e. The molecule has 68 heavy (non-hydrogen) atoms. The van der Waals surface area contributed by atoms with Gasteiger partial charge in [-0.25, -0.2) is 0 Å². The van der Waals surface area contributed by atoms with Gasteiger partial charge in [0.25, 0.3) is 0 Å². The molecule has 11 rings (SSSR count). The summed E-state index contributed by atoms with van der Waals surface area (Å²) in [6.07, 6.45) is 9.48. The average molecular weight is 893 g/mol. The molecular weight excluding hydrogens is 828 g/mol. The molecule has 0 saturated carbocycles. The molecule has 0 saturated heterocycles. The summed E-state index contributed by atoms with van der Waals surface area (Å²) in [6.45, 7) is 30.5. The Morgan fingerprint density at radius 2 is 0.956 bits per heavy atom. The number of anilines is 5. The summed E-state index contributed by atoms with van der Waals surface area (Å²) in [4.78, 5) is 5.27. The second kappa shape index (κ2) is 15.3. The van der Waals surface area contributed by atoms with Crippen LogP contribution in [-0.2, 0) is 16.2 Å². The zero-order chi connectivity index (χ0) is 47.8. The van der Waals surface area contributed by atoms with Crippen LogP contribution in [0.15, 0.2) is 160 Å². The van der Waals surface area contributed by atoms with Gasteiger partial charge < -0.3 is 18.6 Å². The van der Waals surface area contributed by atoms with E-state index in [1.54, 1.807) is 12.5 Å². The molecule has 1 unspecified atom stereocenters. The van der Waals surface area contributed by atoms with Crippen molar-refractivity contribution in [3.05, 3.63) is 173 Å². The lowest BCUT2D eigenvalue weighted by molar-refractivity contribution is 0.478. The highest BCUT2D eigenvalue weighted by molar-refractivity contribution is 6.91. The standard InChI is InChI=1S/C63H65BN2O2/c1-38-30-55-59-56(31-38)66(52-23-19-44(61(5,6)7)35-48(52)42-17-15-40-27-29-68-58(40)33-42)54-25-21-46(63(11,12)13)37-50(54)64(59)49-36-45(62(8,9)10)20-24-53(49)65(55)51-22-18-43(60(2,3)4)34-47(51)41-16-14-39-26-28-67-57(39)32-41/h14-36,50H,37H2,1-13H3. The third-order valence-corrected chi connectivity index (χ3v) is 15.2. The topological polar surface area (TPSA) is 32.8 Å². The Morgan fingerprint density at radius 3 is 1.47 bits per heavy atom. The van der Waals surface area contributed by atoms with Crippen molar-refractivity contribution in [2.24, 2.45) is 5.41 Å². The van der Waals surface area contributed by atoms with Gasteiger partial charge in [-0.3, -0.25) is 0 Å². The van der Waals surface area contributed by atoms with E-state index >= 15 is 0 Å². The number of nitrogens with zero attached hydrogens (tertiary/aromatic N) is 2. The van der Waals surface area contributed by atoms with Crippen molar-refractivity contribution < 1.29 is 8.83 Å². The molecule has 342 valence electrons. The van der Waals surface area contributed by atoms with E-state index in [1.807, 2.05) is 0 Å². The molecule has 2 aromatic heterocycles. The van der Waals surface area contributed by atoms with Crippen molar-refractivity contribution in [3.63, 3.8) is 0 Å². The van der Waals surface area contributed by atoms with Crippen LogP contribution in [0, 0.1) is 12.3 Å². The second-order valence-corrected chi connectivity index (χ2v) is 24.0. The van der Waals surface area contributed by atoms with Gasteiger partial charge in [-0.15, -0.1) is 0 Å². The fourth-order valence-corrected chi connectivity index (χ4v) is 11.2. The normalized spacial score (nSPS) is 16.2. The summed E-state index contributed by atoms with van der Waals surface area (Å²) in [5, 5.41) is 2.22. The van der Waals surface area contributed by atoms with Gasteiger partial charge in [0.15, 0.2) is 0 Å². The van der Waals surface area contributed by atoms with Crippen LogP contribution in [0.2, 0.25) is 5.82 Å². The number of allylic oxidation sites excluding steroid dienone is 4. The molecule has 0 fully saturated rings. The van der Waals surface area contributed by atoms with E-state index in [9.17, 15) is 0 Å². The molecule has 1 atom stereocenters. The van der Waals surface area contributed by atoms with Gasteiger partial charge in [-0.1, -0.05) is 143 Å². The lowest BCUT2D eigenvalue weighted by Crippen LogP contribution is -2.59. The van der Waals surface area contributed by atoms with Crippen molar-refractivity contribution in [1.82, 2.24) is 0 Å². The van der Waals surface area contributed by atoms with Crippen LogP contribution in [0.1, 0.15) is 112 Å². The minimum absolute atomic E-state index is 0.0107. The number of rotatable bonds is 4. The molecule has 0 bridgehead atoms. The smallest absolute Gasteiger partial charge is 0.226 e. The first-order valence-electron chi connectivity index (χ1n) is 24.7. The Kier molecular flexibility index (Phi) is 9.90. The van der Waals surface area contributed by atoms with Gasteiger partial charge in [0.2, 0.25) is 6.71 Å². The van der Waals surface area contributed by atoms with Crippen LogP contribution >= 0.6 is 0 Å². The Bertz CT molecular complexity index is 3400. The summed E-state index contributed by atoms with van der Waals surface area (Å²) >= 11 is 0. The molecule has 3 aliphatic rings. The predicted molar refractivity (Wildman–Crippen MR) is 290 cm³/mol. The monoisotopic (exact) mass is 893 g/mol. The van der Waals surface area contributed by atoms with E-state index in [1.165, 1.54) is 78.3 Å². The van der Waals surface area contributed by atoms with Gasteiger partial charge in [0.05, 0.1) is 23.9 Å². The summed E-state index contributed by atoms with van der Waals surface area (Å²) in [7, 11) is 0. The van der Waals surface area contributed by atoms with Crippen molar-refractivity contribution in [2.45, 2.75) is 118 Å². The second-order valence-electron chi connectivity index (χ2n) is 24.0. The summed E-state index contributed by atoms with van der Waals surface area (Å²) in [6, 6.07) is 44.2. The molecule has 0 N–H and O–H groups in total. The fraction of sp³-hybridized carbons (Fsp3) is 0.302. The van der Waals surface area contributed by atoms with E-state index in [2.05, 4.69) is 227 Å². The molecule has 6 aromatic carbocycles. The van der Waals surface area contributed by atoms with Crippen LogP contribution in [0.3, 0.4) is 0 Å². The lowest BCUT2D eigenvalue weighted by Gasteiger charge is -2.50. The van der Waals surface area contributed by atoms with Gasteiger partial charge in [0, 0.05) is 44.7 Å². The maximum atomic E-state index is 6.08. The fourth-order valence-electron chi connectivity index (χ4n) is 11.2. The molecule has 4 heterocycles. The van der Waals surface area contributed by atoms with Gasteiger partial charge in [-0.2, -0.15) is 0 Å². The summed E-state index contributed by atoms with van der Waals surface area (Å²) < 4.78 is 12.2. The maximum absolute atomic E-state index is 6.08. The van der Waals surface area contributed by atoms with Crippen LogP contribution in [-0.4, -0.2) is 6.71 Å². The first kappa shape index (κ1) is 44.1. The van der Waals surface area contributed by atoms with Crippen molar-refractivity contribution >= 4 is 68.0 Å². The van der Waals surface area contributed by atoms with Gasteiger partial charge in [-0.05, 0) is 158 Å². The van der Waals surface area contributed by atoms with E-state index in [0.717, 1.165) is 45.2 Å². The number of benzene rings is 6. The quantitative estimate of drug-likeness (QED) is 0.165. The third kappa shape index (κ3) is 7.27. The zero-order valence-corrected chi connectivity index (χ0v) is 42.4. The molecule has 2 aliphatic heterocycles. The first-order chi connectivity index (χ1) is 32.1. The van der Waals surface area contributed by atoms with E-state index in [0.29, 0.717) is 0 Å². The number of furan rings is 2. The molecule has 0 radical (unpaired) electrons. The Balaban J connectivity index is 1.24. The molecule has 4 nitrogen and oxygen atoms in total. The lowest BCUT2D eigenvalue weighted by atomic mass is 9.28. The Hall–Kier alpha value is -6.46. The van der Waals surface area contributed by atoms with Crippen LogP contribution < -0.4 is 20.7 Å². The van der Waals surface area contributed by atoms with Crippen molar-refractivity contribution in [2.75, 3.05) is 9.80 Å². The first-order valence-corrected chi connectivity index (χ1v) is 24.7. The minimum atomic E-state index is -0.0543. The van der Waals surface area contributed by atoms with Crippen LogP contribution in [0.5, 0.6) is 0 Å². The third-order valence-electron chi connectivity index (χ3n) is 15.2. The van der Waals surface area contributed by atoms with Crippen molar-refractivity contribution in [3.8, 4) is 22.3 Å². The number of aryl methyl sites for hydroxylation is 1. The Morgan fingerprint density at radius 1 is 0.471 bits per heavy atom. The largest absolute Gasteiger partial charge is 0.464 e. The van der Waals surface area contributed by atoms with E-state index < -0.39 is 0 Å². The van der Waals surface area contributed by atoms with Gasteiger partial charge >= 0.3 is 0 Å². The average Bonchev–Trinajstić information content (AvgIpc) is 3.96. The highest BCUT2D eigenvalue weighted by Crippen LogP contribution is 2.55. The van der Waals surface area contributed by atoms with E-state index in [-0.39, 0.29) is 34.2 Å². The SMILES string of the molecule is Cc1cc2c3c(c1)N(c1ccc(C(C)(C)C)cc1-c1ccc4ccoc4c1)c1ccc(C(C)(C)C)cc1B3C1CC(C(C)(C)C)=CC=C1N2c1ccc(C(C)(C)C)cc1-c1ccc2ccoc2c1. The predicted octanol–water partition coefficient (Wildman–Crippen LogP) is 16.9.